The molecular weight excluding hydrogens is 380 g/mol. The highest BCUT2D eigenvalue weighted by Crippen LogP contribution is 2.30. The number of hydrogen-bond acceptors (Lipinski definition) is 4. The Hall–Kier alpha value is -1.53. The van der Waals surface area contributed by atoms with Crippen molar-refractivity contribution in [3.63, 3.8) is 0 Å². The first-order valence-electron chi connectivity index (χ1n) is 9.61. The summed E-state index contributed by atoms with van der Waals surface area (Å²) in [5.74, 6) is 2.43. The molecule has 27 heavy (non-hydrogen) atoms. The Morgan fingerprint density at radius 2 is 2.00 bits per heavy atom. The van der Waals surface area contributed by atoms with Crippen LogP contribution >= 0.6 is 23.4 Å². The molecule has 3 rings (SSSR count). The molecule has 2 aromatic rings. The number of rotatable bonds is 6. The van der Waals surface area contributed by atoms with Gasteiger partial charge in [0.05, 0.1) is 5.75 Å². The largest absolute Gasteiger partial charge is 0.352 e. The maximum atomic E-state index is 12.4. The number of carbonyl (C=O) groups excluding carboxylic acids is 1. The van der Waals surface area contributed by atoms with Crippen LogP contribution < -0.4 is 5.32 Å². The van der Waals surface area contributed by atoms with Crippen molar-refractivity contribution < 1.29 is 4.79 Å². The Kier molecular flexibility index (Phi) is 6.82. The average Bonchev–Trinajstić information content (AvgIpc) is 3.07. The van der Waals surface area contributed by atoms with Crippen molar-refractivity contribution >= 4 is 29.3 Å². The minimum atomic E-state index is 0.0737. The molecule has 146 valence electrons. The second-order valence-electron chi connectivity index (χ2n) is 7.29. The summed E-state index contributed by atoms with van der Waals surface area (Å²) in [4.78, 5) is 12.4. The van der Waals surface area contributed by atoms with Crippen LogP contribution in [0.1, 0.15) is 40.0 Å². The number of thioether (sulfide) groups is 1. The average molecular weight is 407 g/mol. The number of halogens is 1. The van der Waals surface area contributed by atoms with Crippen molar-refractivity contribution in [2.75, 3.05) is 5.75 Å². The van der Waals surface area contributed by atoms with E-state index in [1.165, 1.54) is 24.6 Å². The van der Waals surface area contributed by atoms with E-state index in [2.05, 4.69) is 36.3 Å². The van der Waals surface area contributed by atoms with Crippen molar-refractivity contribution in [3.05, 3.63) is 29.3 Å². The highest BCUT2D eigenvalue weighted by Gasteiger charge is 2.28. The normalized spacial score (nSPS) is 22.6. The predicted octanol–water partition coefficient (Wildman–Crippen LogP) is 4.65. The Morgan fingerprint density at radius 1 is 1.26 bits per heavy atom. The third kappa shape index (κ3) is 4.85. The molecule has 5 nitrogen and oxygen atoms in total. The molecule has 0 radical (unpaired) electrons. The van der Waals surface area contributed by atoms with Crippen LogP contribution in [0.3, 0.4) is 0 Å². The quantitative estimate of drug-likeness (QED) is 0.709. The fourth-order valence-electron chi connectivity index (χ4n) is 3.66. The molecule has 0 aliphatic heterocycles. The lowest BCUT2D eigenvalue weighted by Gasteiger charge is -2.34. The topological polar surface area (TPSA) is 59.8 Å². The van der Waals surface area contributed by atoms with Gasteiger partial charge in [-0.3, -0.25) is 4.79 Å². The smallest absolute Gasteiger partial charge is 0.230 e. The molecule has 1 fully saturated rings. The van der Waals surface area contributed by atoms with E-state index in [-0.39, 0.29) is 11.9 Å². The molecule has 0 spiro atoms. The molecule has 1 N–H and O–H groups in total. The van der Waals surface area contributed by atoms with Gasteiger partial charge in [0.1, 0.15) is 0 Å². The second-order valence-corrected chi connectivity index (χ2v) is 8.67. The third-order valence-corrected chi connectivity index (χ3v) is 6.74. The third-order valence-electron chi connectivity index (χ3n) is 5.52. The van der Waals surface area contributed by atoms with Gasteiger partial charge in [-0.25, -0.2) is 0 Å². The molecule has 0 saturated heterocycles. The van der Waals surface area contributed by atoms with Crippen LogP contribution in [-0.4, -0.2) is 32.5 Å². The summed E-state index contributed by atoms with van der Waals surface area (Å²) < 4.78 is 2.03. The molecule has 1 aromatic carbocycles. The minimum Gasteiger partial charge on any atom is -0.352 e. The van der Waals surface area contributed by atoms with Gasteiger partial charge in [-0.1, -0.05) is 50.1 Å². The van der Waals surface area contributed by atoms with Gasteiger partial charge in [0.15, 0.2) is 11.0 Å². The van der Waals surface area contributed by atoms with E-state index >= 15 is 0 Å². The van der Waals surface area contributed by atoms with Crippen molar-refractivity contribution in [1.29, 1.82) is 0 Å². The summed E-state index contributed by atoms with van der Waals surface area (Å²) in [7, 11) is 0. The van der Waals surface area contributed by atoms with E-state index in [0.717, 1.165) is 29.5 Å². The summed E-state index contributed by atoms with van der Waals surface area (Å²) in [6.45, 7) is 7.32. The Balaban J connectivity index is 1.62. The number of amides is 1. The molecule has 1 amide bonds. The second kappa shape index (κ2) is 9.11. The van der Waals surface area contributed by atoms with Crippen LogP contribution in [0.5, 0.6) is 0 Å². The zero-order chi connectivity index (χ0) is 19.4. The number of aromatic nitrogens is 3. The summed E-state index contributed by atoms with van der Waals surface area (Å²) in [6.07, 6.45) is 3.53. The van der Waals surface area contributed by atoms with E-state index in [0.29, 0.717) is 22.6 Å². The molecular formula is C20H27ClN4OS. The highest BCUT2D eigenvalue weighted by atomic mass is 35.5. The maximum absolute atomic E-state index is 12.4. The predicted molar refractivity (Wildman–Crippen MR) is 111 cm³/mol. The van der Waals surface area contributed by atoms with Crippen LogP contribution in [-0.2, 0) is 11.3 Å². The number of nitrogens with zero attached hydrogens (tertiary/aromatic N) is 3. The van der Waals surface area contributed by atoms with Gasteiger partial charge < -0.3 is 9.88 Å². The fraction of sp³-hybridized carbons (Fsp3) is 0.550. The van der Waals surface area contributed by atoms with Crippen molar-refractivity contribution in [3.8, 4) is 11.4 Å². The minimum absolute atomic E-state index is 0.0737. The first kappa shape index (κ1) is 20.2. The summed E-state index contributed by atoms with van der Waals surface area (Å²) in [6, 6.07) is 7.85. The van der Waals surface area contributed by atoms with Gasteiger partial charge in [0, 0.05) is 23.2 Å². The van der Waals surface area contributed by atoms with Gasteiger partial charge in [-0.15, -0.1) is 10.2 Å². The van der Waals surface area contributed by atoms with Crippen LogP contribution in [0.25, 0.3) is 11.4 Å². The summed E-state index contributed by atoms with van der Waals surface area (Å²) >= 11 is 7.41. The molecule has 0 bridgehead atoms. The fourth-order valence-corrected chi connectivity index (χ4v) is 4.60. The standard InChI is InChI=1S/C20H27ClN4OS/c1-4-25-19(15-8-10-16(21)11-9-15)23-24-20(25)27-12-18(26)22-17-7-5-6-13(2)14(17)3/h8-11,13-14,17H,4-7,12H2,1-3H3,(H,22,26)/t13-,14-,17+/m0/s1. The van der Waals surface area contributed by atoms with Crippen molar-refractivity contribution in [2.24, 2.45) is 11.8 Å². The maximum Gasteiger partial charge on any atom is 0.230 e. The highest BCUT2D eigenvalue weighted by molar-refractivity contribution is 7.99. The van der Waals surface area contributed by atoms with Crippen LogP contribution in [0.15, 0.2) is 29.4 Å². The monoisotopic (exact) mass is 406 g/mol. The molecule has 0 unspecified atom stereocenters. The van der Waals surface area contributed by atoms with Crippen LogP contribution in [0, 0.1) is 11.8 Å². The zero-order valence-corrected chi connectivity index (χ0v) is 17.7. The van der Waals surface area contributed by atoms with Gasteiger partial charge in [-0.2, -0.15) is 0 Å². The molecule has 7 heteroatoms. The molecule has 1 saturated carbocycles. The van der Waals surface area contributed by atoms with Crippen LogP contribution in [0.2, 0.25) is 5.02 Å². The van der Waals surface area contributed by atoms with E-state index in [1.807, 2.05) is 28.8 Å². The molecule has 3 atom stereocenters. The summed E-state index contributed by atoms with van der Waals surface area (Å²) in [5.41, 5.74) is 0.968. The molecule has 1 aliphatic rings. The van der Waals surface area contributed by atoms with E-state index in [1.54, 1.807) is 0 Å². The first-order valence-corrected chi connectivity index (χ1v) is 11.0. The van der Waals surface area contributed by atoms with Crippen molar-refractivity contribution in [2.45, 2.75) is 57.8 Å². The Bertz CT molecular complexity index is 777. The van der Waals surface area contributed by atoms with E-state index < -0.39 is 0 Å². The van der Waals surface area contributed by atoms with Gasteiger partial charge in [0.2, 0.25) is 5.91 Å². The lowest BCUT2D eigenvalue weighted by Crippen LogP contribution is -2.44. The summed E-state index contributed by atoms with van der Waals surface area (Å²) in [5, 5.41) is 13.3. The Labute approximate surface area is 170 Å². The number of benzene rings is 1. The van der Waals surface area contributed by atoms with Crippen molar-refractivity contribution in [1.82, 2.24) is 20.1 Å². The number of nitrogens with one attached hydrogen (secondary N) is 1. The Morgan fingerprint density at radius 3 is 2.70 bits per heavy atom. The van der Waals surface area contributed by atoms with Gasteiger partial charge in [0.25, 0.3) is 0 Å². The van der Waals surface area contributed by atoms with E-state index in [9.17, 15) is 4.79 Å². The molecule has 1 aromatic heterocycles. The lowest BCUT2D eigenvalue weighted by molar-refractivity contribution is -0.120. The molecule has 1 heterocycles. The number of carbonyl (C=O) groups is 1. The molecule has 1 aliphatic carbocycles. The zero-order valence-electron chi connectivity index (χ0n) is 16.1. The lowest BCUT2D eigenvalue weighted by atomic mass is 9.78. The van der Waals surface area contributed by atoms with Gasteiger partial charge in [-0.05, 0) is 49.4 Å². The first-order chi connectivity index (χ1) is 13.0. The van der Waals surface area contributed by atoms with Crippen LogP contribution in [0.4, 0.5) is 0 Å². The van der Waals surface area contributed by atoms with E-state index in [4.69, 9.17) is 11.6 Å². The number of hydrogen-bond donors (Lipinski definition) is 1. The van der Waals surface area contributed by atoms with Gasteiger partial charge >= 0.3 is 0 Å². The SMILES string of the molecule is CCn1c(SCC(=O)N[C@@H]2CCC[C@H](C)[C@@H]2C)nnc1-c1ccc(Cl)cc1.